The lowest BCUT2D eigenvalue weighted by atomic mass is 10.1. The van der Waals surface area contributed by atoms with Crippen molar-refractivity contribution >= 4 is 18.1 Å². The Labute approximate surface area is 98.2 Å². The molecule has 0 aliphatic heterocycles. The van der Waals surface area contributed by atoms with Crippen LogP contribution in [0.25, 0.3) is 12.2 Å². The van der Waals surface area contributed by atoms with E-state index in [9.17, 15) is 4.79 Å². The van der Waals surface area contributed by atoms with Crippen LogP contribution in [0.1, 0.15) is 27.4 Å². The highest BCUT2D eigenvalue weighted by molar-refractivity contribution is 5.86. The molecule has 4 nitrogen and oxygen atoms in total. The highest BCUT2D eigenvalue weighted by atomic mass is 16.5. The van der Waals surface area contributed by atoms with Crippen LogP contribution in [0.3, 0.4) is 0 Å². The minimum atomic E-state index is -1.09. The third-order valence-electron chi connectivity index (χ3n) is 2.26. The summed E-state index contributed by atoms with van der Waals surface area (Å²) in [6, 6.07) is 9.33. The normalized spacial score (nSPS) is 10.9. The number of nitrogens with zero attached hydrogens (tertiary/aromatic N) is 1. The molecule has 0 atom stereocenters. The fraction of sp³-hybridized carbons (Fsp3) is 0.0769. The molecular weight excluding hydrogens is 218 g/mol. The lowest BCUT2D eigenvalue weighted by Crippen LogP contribution is -1.94. The largest absolute Gasteiger partial charge is 0.476 e. The van der Waals surface area contributed by atoms with Crippen molar-refractivity contribution in [2.75, 3.05) is 0 Å². The van der Waals surface area contributed by atoms with Crippen LogP contribution >= 0.6 is 0 Å². The second kappa shape index (κ2) is 4.65. The zero-order chi connectivity index (χ0) is 12.3. The number of carboxylic acid groups (broad SMARTS) is 1. The summed E-state index contributed by atoms with van der Waals surface area (Å²) in [4.78, 5) is 10.6. The van der Waals surface area contributed by atoms with Gasteiger partial charge >= 0.3 is 5.97 Å². The van der Waals surface area contributed by atoms with E-state index in [4.69, 9.17) is 9.63 Å². The van der Waals surface area contributed by atoms with Crippen molar-refractivity contribution in [3.63, 3.8) is 0 Å². The number of aromatic carboxylic acids is 1. The van der Waals surface area contributed by atoms with Crippen molar-refractivity contribution in [1.29, 1.82) is 0 Å². The molecular formula is C13H11NO3. The van der Waals surface area contributed by atoms with Crippen molar-refractivity contribution in [3.05, 3.63) is 52.9 Å². The van der Waals surface area contributed by atoms with E-state index in [-0.39, 0.29) is 5.69 Å². The summed E-state index contributed by atoms with van der Waals surface area (Å²) < 4.78 is 4.85. The van der Waals surface area contributed by atoms with Crippen molar-refractivity contribution < 1.29 is 14.4 Å². The van der Waals surface area contributed by atoms with Crippen LogP contribution in [0, 0.1) is 6.92 Å². The van der Waals surface area contributed by atoms with Crippen LogP contribution in [0.2, 0.25) is 0 Å². The number of rotatable bonds is 3. The molecule has 1 aromatic carbocycles. The van der Waals surface area contributed by atoms with Gasteiger partial charge in [0.25, 0.3) is 0 Å². The number of hydrogen-bond donors (Lipinski definition) is 1. The Bertz CT molecular complexity index is 552. The van der Waals surface area contributed by atoms with Crippen LogP contribution < -0.4 is 0 Å². The maximum Gasteiger partial charge on any atom is 0.358 e. The topological polar surface area (TPSA) is 63.3 Å². The van der Waals surface area contributed by atoms with E-state index in [1.165, 1.54) is 11.6 Å². The minimum absolute atomic E-state index is 0.0893. The van der Waals surface area contributed by atoms with E-state index >= 15 is 0 Å². The Morgan fingerprint density at radius 1 is 1.29 bits per heavy atom. The second-order valence-electron chi connectivity index (χ2n) is 3.66. The van der Waals surface area contributed by atoms with Crippen molar-refractivity contribution in [2.24, 2.45) is 0 Å². The lowest BCUT2D eigenvalue weighted by Gasteiger charge is -1.93. The Balaban J connectivity index is 2.14. The van der Waals surface area contributed by atoms with Gasteiger partial charge in [0, 0.05) is 6.07 Å². The van der Waals surface area contributed by atoms with Crippen LogP contribution in [-0.2, 0) is 0 Å². The van der Waals surface area contributed by atoms with Crippen LogP contribution in [0.15, 0.2) is 34.9 Å². The zero-order valence-electron chi connectivity index (χ0n) is 9.25. The Morgan fingerprint density at radius 3 is 2.59 bits per heavy atom. The van der Waals surface area contributed by atoms with Gasteiger partial charge in [-0.05, 0) is 18.6 Å². The summed E-state index contributed by atoms with van der Waals surface area (Å²) in [5, 5.41) is 12.1. The molecule has 1 heterocycles. The van der Waals surface area contributed by atoms with Crippen molar-refractivity contribution in [3.8, 4) is 0 Å². The molecule has 1 aromatic heterocycles. The van der Waals surface area contributed by atoms with E-state index in [2.05, 4.69) is 5.16 Å². The lowest BCUT2D eigenvalue weighted by molar-refractivity contribution is 0.0685. The molecule has 0 aliphatic carbocycles. The quantitative estimate of drug-likeness (QED) is 0.878. The fourth-order valence-corrected chi connectivity index (χ4v) is 1.32. The molecule has 4 heteroatoms. The molecule has 0 saturated carbocycles. The van der Waals surface area contributed by atoms with Crippen LogP contribution in [0.5, 0.6) is 0 Å². The Hall–Kier alpha value is -2.36. The molecule has 86 valence electrons. The predicted octanol–water partition coefficient (Wildman–Crippen LogP) is 2.85. The first-order valence-corrected chi connectivity index (χ1v) is 5.10. The summed E-state index contributed by atoms with van der Waals surface area (Å²) in [5.74, 6) is -0.674. The summed E-state index contributed by atoms with van der Waals surface area (Å²) >= 11 is 0. The van der Waals surface area contributed by atoms with E-state index in [1.807, 2.05) is 37.3 Å². The molecule has 0 bridgehead atoms. The number of aromatic nitrogens is 1. The highest BCUT2D eigenvalue weighted by Gasteiger charge is 2.08. The molecule has 0 unspecified atom stereocenters. The maximum atomic E-state index is 10.6. The maximum absolute atomic E-state index is 10.6. The number of aryl methyl sites for hydroxylation is 1. The van der Waals surface area contributed by atoms with Crippen molar-refractivity contribution in [1.82, 2.24) is 5.16 Å². The SMILES string of the molecule is Cc1ccc(/C=C/c2cc(C(=O)O)no2)cc1. The summed E-state index contributed by atoms with van der Waals surface area (Å²) in [5.41, 5.74) is 2.12. The van der Waals surface area contributed by atoms with Gasteiger partial charge in [-0.3, -0.25) is 0 Å². The van der Waals surface area contributed by atoms with Gasteiger partial charge in [-0.2, -0.15) is 0 Å². The van der Waals surface area contributed by atoms with E-state index in [1.54, 1.807) is 6.08 Å². The van der Waals surface area contributed by atoms with Crippen LogP contribution in [-0.4, -0.2) is 16.2 Å². The van der Waals surface area contributed by atoms with Crippen LogP contribution in [0.4, 0.5) is 0 Å². The number of carboxylic acids is 1. The third kappa shape index (κ3) is 2.81. The van der Waals surface area contributed by atoms with Gasteiger partial charge in [0.15, 0.2) is 11.5 Å². The fourth-order valence-electron chi connectivity index (χ4n) is 1.32. The molecule has 0 amide bonds. The molecule has 2 aromatic rings. The molecule has 17 heavy (non-hydrogen) atoms. The minimum Gasteiger partial charge on any atom is -0.476 e. The standard InChI is InChI=1S/C13H11NO3/c1-9-2-4-10(5-3-9)6-7-11-8-12(13(15)16)14-17-11/h2-8H,1H3,(H,15,16)/b7-6+. The Morgan fingerprint density at radius 2 is 2.00 bits per heavy atom. The van der Waals surface area contributed by atoms with E-state index < -0.39 is 5.97 Å². The first-order chi connectivity index (χ1) is 8.15. The third-order valence-corrected chi connectivity index (χ3v) is 2.26. The van der Waals surface area contributed by atoms with Gasteiger partial charge in [-0.1, -0.05) is 41.1 Å². The zero-order valence-corrected chi connectivity index (χ0v) is 9.25. The van der Waals surface area contributed by atoms with Gasteiger partial charge in [0.1, 0.15) is 0 Å². The number of carbonyl (C=O) groups is 1. The predicted molar refractivity (Wildman–Crippen MR) is 63.6 cm³/mol. The smallest absolute Gasteiger partial charge is 0.358 e. The average molecular weight is 229 g/mol. The molecule has 0 spiro atoms. The van der Waals surface area contributed by atoms with E-state index in [0.717, 1.165) is 5.56 Å². The Kier molecular flexibility index (Phi) is 3.05. The first kappa shape index (κ1) is 11.1. The molecule has 0 fully saturated rings. The first-order valence-electron chi connectivity index (χ1n) is 5.10. The monoisotopic (exact) mass is 229 g/mol. The molecule has 0 aliphatic rings. The second-order valence-corrected chi connectivity index (χ2v) is 3.66. The van der Waals surface area contributed by atoms with Gasteiger partial charge < -0.3 is 9.63 Å². The molecule has 0 saturated heterocycles. The van der Waals surface area contributed by atoms with Gasteiger partial charge in [-0.25, -0.2) is 4.79 Å². The molecule has 0 radical (unpaired) electrons. The van der Waals surface area contributed by atoms with Crippen molar-refractivity contribution in [2.45, 2.75) is 6.92 Å². The summed E-state index contributed by atoms with van der Waals surface area (Å²) in [6.45, 7) is 2.02. The summed E-state index contributed by atoms with van der Waals surface area (Å²) in [7, 11) is 0. The highest BCUT2D eigenvalue weighted by Crippen LogP contribution is 2.10. The number of hydrogen-bond acceptors (Lipinski definition) is 3. The van der Waals surface area contributed by atoms with Gasteiger partial charge in [0.2, 0.25) is 0 Å². The number of benzene rings is 1. The van der Waals surface area contributed by atoms with E-state index in [0.29, 0.717) is 5.76 Å². The van der Waals surface area contributed by atoms with Gasteiger partial charge in [0.05, 0.1) is 0 Å². The average Bonchev–Trinajstić information content (AvgIpc) is 2.77. The summed E-state index contributed by atoms with van der Waals surface area (Å²) in [6.07, 6.45) is 3.52. The molecule has 2 rings (SSSR count). The molecule has 1 N–H and O–H groups in total. The van der Waals surface area contributed by atoms with Gasteiger partial charge in [-0.15, -0.1) is 0 Å².